The molecule has 4 atom stereocenters. The van der Waals surface area contributed by atoms with Gasteiger partial charge < -0.3 is 18.9 Å². The van der Waals surface area contributed by atoms with Gasteiger partial charge in [0.25, 0.3) is 0 Å². The van der Waals surface area contributed by atoms with E-state index in [1.807, 2.05) is 54.6 Å². The summed E-state index contributed by atoms with van der Waals surface area (Å²) in [6.07, 6.45) is -0.623. The van der Waals surface area contributed by atoms with E-state index in [0.29, 0.717) is 32.3 Å². The molecule has 1 aliphatic rings. The average Bonchev–Trinajstić information content (AvgIpc) is 3.21. The second kappa shape index (κ2) is 12.1. The van der Waals surface area contributed by atoms with Crippen LogP contribution >= 0.6 is 0 Å². The summed E-state index contributed by atoms with van der Waals surface area (Å²) in [5.74, 6) is 0.299. The predicted octanol–water partition coefficient (Wildman–Crippen LogP) is 5.80. The van der Waals surface area contributed by atoms with Crippen molar-refractivity contribution in [2.45, 2.75) is 58.1 Å². The van der Waals surface area contributed by atoms with Crippen LogP contribution in [0.5, 0.6) is 0 Å². The number of hydrogen-bond acceptors (Lipinski definition) is 4. The first kappa shape index (κ1) is 23.7. The topological polar surface area (TPSA) is 36.9 Å². The molecule has 3 aromatic carbocycles. The third kappa shape index (κ3) is 6.75. The zero-order valence-corrected chi connectivity index (χ0v) is 19.5. The van der Waals surface area contributed by atoms with E-state index in [0.717, 1.165) is 16.7 Å². The summed E-state index contributed by atoms with van der Waals surface area (Å²) < 4.78 is 25.5. The van der Waals surface area contributed by atoms with Crippen LogP contribution in [0, 0.1) is 5.92 Å². The molecule has 4 rings (SSSR count). The first-order chi connectivity index (χ1) is 16.2. The Morgan fingerprint density at radius 3 is 1.58 bits per heavy atom. The number of ether oxygens (including phenoxy) is 4. The Morgan fingerprint density at radius 1 is 0.636 bits per heavy atom. The molecule has 1 heterocycles. The third-order valence-corrected chi connectivity index (χ3v) is 5.97. The van der Waals surface area contributed by atoms with Crippen LogP contribution in [0.1, 0.15) is 30.5 Å². The van der Waals surface area contributed by atoms with Crippen molar-refractivity contribution >= 4 is 0 Å². The van der Waals surface area contributed by atoms with Gasteiger partial charge in [0.15, 0.2) is 0 Å². The van der Waals surface area contributed by atoms with Crippen LogP contribution < -0.4 is 0 Å². The van der Waals surface area contributed by atoms with E-state index in [4.69, 9.17) is 18.9 Å². The van der Waals surface area contributed by atoms with Crippen molar-refractivity contribution in [3.63, 3.8) is 0 Å². The zero-order chi connectivity index (χ0) is 22.9. The van der Waals surface area contributed by atoms with Crippen molar-refractivity contribution in [1.82, 2.24) is 0 Å². The van der Waals surface area contributed by atoms with Gasteiger partial charge in [0, 0.05) is 0 Å². The van der Waals surface area contributed by atoms with Crippen molar-refractivity contribution in [1.29, 1.82) is 0 Å². The molecule has 1 aliphatic heterocycles. The minimum atomic E-state index is -0.211. The molecule has 1 saturated heterocycles. The quantitative estimate of drug-likeness (QED) is 0.373. The van der Waals surface area contributed by atoms with Crippen molar-refractivity contribution in [3.8, 4) is 0 Å². The lowest BCUT2D eigenvalue weighted by Gasteiger charge is -2.26. The highest BCUT2D eigenvalue weighted by atomic mass is 16.6. The molecular formula is C29H34O4. The van der Waals surface area contributed by atoms with Gasteiger partial charge in [-0.25, -0.2) is 0 Å². The van der Waals surface area contributed by atoms with Crippen molar-refractivity contribution < 1.29 is 18.9 Å². The van der Waals surface area contributed by atoms with Gasteiger partial charge in [-0.05, 0) is 22.6 Å². The molecule has 1 unspecified atom stereocenters. The molecule has 33 heavy (non-hydrogen) atoms. The smallest absolute Gasteiger partial charge is 0.115 e. The number of rotatable bonds is 11. The lowest BCUT2D eigenvalue weighted by molar-refractivity contribution is -0.0901. The Labute approximate surface area is 197 Å². The van der Waals surface area contributed by atoms with E-state index >= 15 is 0 Å². The van der Waals surface area contributed by atoms with E-state index in [9.17, 15) is 0 Å². The second-order valence-electron chi connectivity index (χ2n) is 8.91. The van der Waals surface area contributed by atoms with Gasteiger partial charge in [0.1, 0.15) is 18.3 Å². The summed E-state index contributed by atoms with van der Waals surface area (Å²) in [5, 5.41) is 0. The summed E-state index contributed by atoms with van der Waals surface area (Å²) >= 11 is 0. The molecule has 4 heteroatoms. The van der Waals surface area contributed by atoms with Crippen LogP contribution in [0.2, 0.25) is 0 Å². The maximum Gasteiger partial charge on any atom is 0.115 e. The minimum absolute atomic E-state index is 0.0557. The van der Waals surface area contributed by atoms with Crippen LogP contribution in [0.3, 0.4) is 0 Å². The van der Waals surface area contributed by atoms with Crippen molar-refractivity contribution in [2.75, 3.05) is 6.61 Å². The van der Waals surface area contributed by atoms with Gasteiger partial charge >= 0.3 is 0 Å². The summed E-state index contributed by atoms with van der Waals surface area (Å²) in [5.41, 5.74) is 3.43. The molecule has 0 spiro atoms. The molecule has 0 bridgehead atoms. The van der Waals surface area contributed by atoms with Crippen LogP contribution in [0.15, 0.2) is 91.0 Å². The number of hydrogen-bond donors (Lipinski definition) is 0. The molecule has 4 nitrogen and oxygen atoms in total. The predicted molar refractivity (Wildman–Crippen MR) is 130 cm³/mol. The van der Waals surface area contributed by atoms with Gasteiger partial charge in [0.2, 0.25) is 0 Å². The van der Waals surface area contributed by atoms with Crippen LogP contribution in [-0.4, -0.2) is 31.0 Å². The van der Waals surface area contributed by atoms with Gasteiger partial charge in [-0.3, -0.25) is 0 Å². The molecule has 0 N–H and O–H groups in total. The largest absolute Gasteiger partial charge is 0.374 e. The Kier molecular flexibility index (Phi) is 8.67. The lowest BCUT2D eigenvalue weighted by atomic mass is 9.99. The molecule has 174 valence electrons. The van der Waals surface area contributed by atoms with E-state index in [-0.39, 0.29) is 24.4 Å². The molecule has 0 amide bonds. The monoisotopic (exact) mass is 446 g/mol. The maximum atomic E-state index is 6.49. The van der Waals surface area contributed by atoms with Gasteiger partial charge in [-0.1, -0.05) is 105 Å². The SMILES string of the molecule is CC(C)[C@@H]1O[C@H](COCc2ccccc2)[C@H](OCc2ccccc2)C1OCc1ccccc1. The fraction of sp³-hybridized carbons (Fsp3) is 0.379. The van der Waals surface area contributed by atoms with Crippen LogP contribution in [0.4, 0.5) is 0 Å². The molecule has 1 fully saturated rings. The maximum absolute atomic E-state index is 6.49. The van der Waals surface area contributed by atoms with Crippen molar-refractivity contribution in [2.24, 2.45) is 5.92 Å². The fourth-order valence-corrected chi connectivity index (χ4v) is 4.22. The zero-order valence-electron chi connectivity index (χ0n) is 19.5. The molecule has 0 aliphatic carbocycles. The highest BCUT2D eigenvalue weighted by Gasteiger charge is 2.47. The second-order valence-corrected chi connectivity index (χ2v) is 8.91. The highest BCUT2D eigenvalue weighted by molar-refractivity contribution is 5.15. The molecule has 0 aromatic heterocycles. The Balaban J connectivity index is 1.45. The summed E-state index contributed by atoms with van der Waals surface area (Å²) in [6, 6.07) is 30.7. The van der Waals surface area contributed by atoms with Gasteiger partial charge in [-0.15, -0.1) is 0 Å². The van der Waals surface area contributed by atoms with Gasteiger partial charge in [-0.2, -0.15) is 0 Å². The molecular weight excluding hydrogens is 412 g/mol. The molecule has 0 radical (unpaired) electrons. The van der Waals surface area contributed by atoms with Gasteiger partial charge in [0.05, 0.1) is 32.5 Å². The Hall–Kier alpha value is -2.50. The summed E-state index contributed by atoms with van der Waals surface area (Å²) in [4.78, 5) is 0. The summed E-state index contributed by atoms with van der Waals surface area (Å²) in [6.45, 7) is 6.40. The summed E-state index contributed by atoms with van der Waals surface area (Å²) in [7, 11) is 0. The Bertz CT molecular complexity index is 930. The first-order valence-electron chi connectivity index (χ1n) is 11.8. The molecule has 0 saturated carbocycles. The van der Waals surface area contributed by atoms with Crippen LogP contribution in [0.25, 0.3) is 0 Å². The fourth-order valence-electron chi connectivity index (χ4n) is 4.22. The minimum Gasteiger partial charge on any atom is -0.374 e. The van der Waals surface area contributed by atoms with E-state index in [1.54, 1.807) is 0 Å². The van der Waals surface area contributed by atoms with E-state index in [2.05, 4.69) is 50.2 Å². The van der Waals surface area contributed by atoms with E-state index in [1.165, 1.54) is 0 Å². The standard InChI is InChI=1S/C29H34O4/c1-22(2)27-29(32-20-25-16-10-5-11-17-25)28(31-19-24-14-8-4-9-15-24)26(33-27)21-30-18-23-12-6-3-7-13-23/h3-17,22,26-29H,18-21H2,1-2H3/t26-,27+,28+,29?/m1/s1. The number of benzene rings is 3. The highest BCUT2D eigenvalue weighted by Crippen LogP contribution is 2.32. The average molecular weight is 447 g/mol. The lowest BCUT2D eigenvalue weighted by Crippen LogP contribution is -2.40. The van der Waals surface area contributed by atoms with Crippen LogP contribution in [-0.2, 0) is 38.8 Å². The normalized spacial score (nSPS) is 22.6. The molecule has 3 aromatic rings. The third-order valence-electron chi connectivity index (χ3n) is 5.97. The first-order valence-corrected chi connectivity index (χ1v) is 11.8. The van der Waals surface area contributed by atoms with E-state index < -0.39 is 0 Å². The Morgan fingerprint density at radius 2 is 1.09 bits per heavy atom. The van der Waals surface area contributed by atoms with Crippen molar-refractivity contribution in [3.05, 3.63) is 108 Å².